The molecule has 0 saturated carbocycles. The van der Waals surface area contributed by atoms with Gasteiger partial charge in [-0.25, -0.2) is 4.79 Å². The number of benzene rings is 1. The van der Waals surface area contributed by atoms with Gasteiger partial charge in [-0.05, 0) is 94.5 Å². The number of phenols is 1. The highest BCUT2D eigenvalue weighted by molar-refractivity contribution is 5.96. The van der Waals surface area contributed by atoms with Crippen LogP contribution in [0.3, 0.4) is 0 Å². The van der Waals surface area contributed by atoms with E-state index in [9.17, 15) is 48.9 Å². The number of amides is 5. The Balaban J connectivity index is 2.36. The Bertz CT molecular complexity index is 1430. The lowest BCUT2D eigenvalue weighted by molar-refractivity contribution is -0.149. The Hall–Kier alpha value is -4.81. The molecule has 0 unspecified atom stereocenters. The van der Waals surface area contributed by atoms with Crippen LogP contribution in [0.15, 0.2) is 24.3 Å². The zero-order chi connectivity index (χ0) is 40.4. The Morgan fingerprint density at radius 2 is 1.24 bits per heavy atom. The number of nitrogens with zero attached hydrogens (tertiary/aromatic N) is 1. The fourth-order valence-corrected chi connectivity index (χ4v) is 6.00. The van der Waals surface area contributed by atoms with Crippen LogP contribution in [0.5, 0.6) is 5.75 Å². The van der Waals surface area contributed by atoms with Gasteiger partial charge in [0.05, 0.1) is 6.04 Å². The minimum absolute atomic E-state index is 0.0205. The second-order valence-electron chi connectivity index (χ2n) is 13.9. The van der Waals surface area contributed by atoms with Gasteiger partial charge in [0.25, 0.3) is 0 Å². The number of carbonyl (C=O) groups excluding carboxylic acids is 5. The van der Waals surface area contributed by atoms with Crippen molar-refractivity contribution in [1.82, 2.24) is 26.2 Å². The second-order valence-corrected chi connectivity index (χ2v) is 13.9. The van der Waals surface area contributed by atoms with Crippen LogP contribution in [0.2, 0.25) is 0 Å². The van der Waals surface area contributed by atoms with Crippen LogP contribution in [-0.4, -0.2) is 118 Å². The number of nitrogens with two attached hydrogens (primary N) is 3. The van der Waals surface area contributed by atoms with E-state index in [1.807, 2.05) is 0 Å². The van der Waals surface area contributed by atoms with Crippen LogP contribution in [0, 0.1) is 5.92 Å². The molecule has 302 valence electrons. The monoisotopic (exact) mass is 762 g/mol. The van der Waals surface area contributed by atoms with Crippen molar-refractivity contribution in [1.29, 1.82) is 0 Å². The lowest BCUT2D eigenvalue weighted by atomic mass is 10.0. The predicted octanol–water partition coefficient (Wildman–Crippen LogP) is -0.944. The van der Waals surface area contributed by atoms with Crippen molar-refractivity contribution in [2.45, 2.75) is 121 Å². The summed E-state index contributed by atoms with van der Waals surface area (Å²) in [6.07, 6.45) is 1.89. The first-order chi connectivity index (χ1) is 25.6. The van der Waals surface area contributed by atoms with Crippen molar-refractivity contribution in [3.05, 3.63) is 29.8 Å². The molecule has 0 radical (unpaired) electrons. The van der Waals surface area contributed by atoms with Gasteiger partial charge < -0.3 is 58.7 Å². The summed E-state index contributed by atoms with van der Waals surface area (Å²) in [5, 5.41) is 39.3. The molecule has 18 heteroatoms. The van der Waals surface area contributed by atoms with Crippen molar-refractivity contribution >= 4 is 41.5 Å². The van der Waals surface area contributed by atoms with Crippen LogP contribution in [0.4, 0.5) is 0 Å². The van der Waals surface area contributed by atoms with E-state index in [4.69, 9.17) is 17.2 Å². The number of rotatable bonds is 24. The van der Waals surface area contributed by atoms with Crippen LogP contribution < -0.4 is 38.5 Å². The number of hydrogen-bond donors (Lipinski definition) is 10. The van der Waals surface area contributed by atoms with Gasteiger partial charge >= 0.3 is 11.9 Å². The maximum absolute atomic E-state index is 13.8. The Morgan fingerprint density at radius 3 is 1.76 bits per heavy atom. The van der Waals surface area contributed by atoms with Gasteiger partial charge in [-0.2, -0.15) is 0 Å². The van der Waals surface area contributed by atoms with Crippen molar-refractivity contribution in [2.75, 3.05) is 19.6 Å². The van der Waals surface area contributed by atoms with E-state index >= 15 is 0 Å². The van der Waals surface area contributed by atoms with Gasteiger partial charge in [-0.1, -0.05) is 26.0 Å². The lowest BCUT2D eigenvalue weighted by Gasteiger charge is -2.29. The minimum Gasteiger partial charge on any atom is -0.508 e. The molecule has 6 atom stereocenters. The second kappa shape index (κ2) is 23.1. The number of aromatic hydroxyl groups is 1. The molecule has 13 N–H and O–H groups in total. The van der Waals surface area contributed by atoms with Gasteiger partial charge in [-0.15, -0.1) is 0 Å². The molecule has 1 saturated heterocycles. The van der Waals surface area contributed by atoms with E-state index < -0.39 is 84.1 Å². The van der Waals surface area contributed by atoms with Crippen molar-refractivity contribution in [2.24, 2.45) is 23.1 Å². The zero-order valence-corrected chi connectivity index (χ0v) is 31.1. The number of nitrogens with one attached hydrogen (secondary N) is 4. The molecule has 1 aromatic rings. The number of carboxylic acid groups (broad SMARTS) is 2. The topological polar surface area (TPSA) is 310 Å². The van der Waals surface area contributed by atoms with Gasteiger partial charge in [0.1, 0.15) is 36.0 Å². The van der Waals surface area contributed by atoms with E-state index in [1.165, 1.54) is 17.0 Å². The number of hydrogen-bond acceptors (Lipinski definition) is 11. The molecule has 1 aromatic carbocycles. The van der Waals surface area contributed by atoms with Crippen LogP contribution >= 0.6 is 0 Å². The highest BCUT2D eigenvalue weighted by Crippen LogP contribution is 2.20. The molecule has 2 rings (SSSR count). The van der Waals surface area contributed by atoms with E-state index in [2.05, 4.69) is 21.3 Å². The first-order valence-electron chi connectivity index (χ1n) is 18.5. The highest BCUT2D eigenvalue weighted by Gasteiger charge is 2.38. The molecule has 1 fully saturated rings. The number of likely N-dealkylation sites (tertiary alicyclic amines) is 1. The minimum atomic E-state index is -1.47. The lowest BCUT2D eigenvalue weighted by Crippen LogP contribution is -2.59. The summed E-state index contributed by atoms with van der Waals surface area (Å²) in [5.41, 5.74) is 17.9. The van der Waals surface area contributed by atoms with Crippen LogP contribution in [0.25, 0.3) is 0 Å². The van der Waals surface area contributed by atoms with E-state index in [1.54, 1.807) is 26.0 Å². The smallest absolute Gasteiger partial charge is 0.326 e. The highest BCUT2D eigenvalue weighted by atomic mass is 16.4. The summed E-state index contributed by atoms with van der Waals surface area (Å²) < 4.78 is 0. The molecule has 54 heavy (non-hydrogen) atoms. The molecule has 1 aliphatic rings. The standard InChI is InChI=1S/C36H58N8O10/c1-21(2)30(39)34(51)43-27(20-22-11-13-23(45)14-12-22)33(50)41-25(15-16-29(46)47)32(49)40-24(8-3-5-17-37)31(48)42-26(9-4-6-18-38)35(52)44-19-7-10-28(44)36(53)54/h11-14,21,24-28,30,45H,3-10,15-20,37-39H2,1-2H3,(H,40,49)(H,41,50)(H,42,48)(H,43,51)(H,46,47)(H,53,54)/t24-,25-,26-,27-,28-,30-/m0/s1. The summed E-state index contributed by atoms with van der Waals surface area (Å²) in [4.78, 5) is 92.6. The quantitative estimate of drug-likeness (QED) is 0.0569. The predicted molar refractivity (Wildman–Crippen MR) is 197 cm³/mol. The van der Waals surface area contributed by atoms with Gasteiger partial charge in [0.2, 0.25) is 29.5 Å². The summed E-state index contributed by atoms with van der Waals surface area (Å²) in [6.45, 7) is 4.28. The van der Waals surface area contributed by atoms with Crippen LogP contribution in [0.1, 0.15) is 83.6 Å². The average Bonchev–Trinajstić information content (AvgIpc) is 3.63. The summed E-state index contributed by atoms with van der Waals surface area (Å²) in [6, 6.07) is -1.21. The molecule has 0 aliphatic carbocycles. The van der Waals surface area contributed by atoms with Crippen molar-refractivity contribution in [3.63, 3.8) is 0 Å². The third-order valence-corrected chi connectivity index (χ3v) is 9.27. The molecular formula is C36H58N8O10. The maximum atomic E-state index is 13.8. The average molecular weight is 763 g/mol. The van der Waals surface area contributed by atoms with Gasteiger partial charge in [0.15, 0.2) is 0 Å². The van der Waals surface area contributed by atoms with E-state index in [0.29, 0.717) is 50.8 Å². The van der Waals surface area contributed by atoms with Crippen molar-refractivity contribution < 1.29 is 48.9 Å². The molecule has 1 heterocycles. The fourth-order valence-electron chi connectivity index (χ4n) is 6.00. The Labute approximate surface area is 315 Å². The number of unbranched alkanes of at least 4 members (excludes halogenated alkanes) is 2. The third-order valence-electron chi connectivity index (χ3n) is 9.27. The van der Waals surface area contributed by atoms with E-state index in [-0.39, 0.29) is 50.3 Å². The first kappa shape index (κ1) is 45.3. The number of aliphatic carboxylic acids is 2. The number of carbonyl (C=O) groups is 7. The molecule has 18 nitrogen and oxygen atoms in total. The molecule has 0 spiro atoms. The maximum Gasteiger partial charge on any atom is 0.326 e. The normalized spacial score (nSPS) is 16.8. The molecular weight excluding hydrogens is 704 g/mol. The number of carboxylic acids is 2. The third kappa shape index (κ3) is 14.9. The fraction of sp³-hybridized carbons (Fsp3) is 0.639. The van der Waals surface area contributed by atoms with E-state index in [0.717, 1.165) is 0 Å². The zero-order valence-electron chi connectivity index (χ0n) is 31.1. The Kier molecular flexibility index (Phi) is 19.4. The van der Waals surface area contributed by atoms with Gasteiger partial charge in [0, 0.05) is 19.4 Å². The first-order valence-corrected chi connectivity index (χ1v) is 18.5. The summed E-state index contributed by atoms with van der Waals surface area (Å²) >= 11 is 0. The molecule has 1 aliphatic heterocycles. The largest absolute Gasteiger partial charge is 0.508 e. The summed E-state index contributed by atoms with van der Waals surface area (Å²) in [5.74, 6) is -6.35. The molecule has 5 amide bonds. The van der Waals surface area contributed by atoms with Gasteiger partial charge in [-0.3, -0.25) is 28.8 Å². The van der Waals surface area contributed by atoms with Crippen molar-refractivity contribution in [3.8, 4) is 5.75 Å². The van der Waals surface area contributed by atoms with Crippen LogP contribution in [-0.2, 0) is 40.0 Å². The number of phenolic OH excluding ortho intramolecular Hbond substituents is 1. The Morgan fingerprint density at radius 1 is 0.741 bits per heavy atom. The summed E-state index contributed by atoms with van der Waals surface area (Å²) in [7, 11) is 0. The molecule has 0 bridgehead atoms. The SMILES string of the molecule is CC(C)[C@H](N)C(=O)N[C@@H](Cc1ccc(O)cc1)C(=O)N[C@@H](CCC(=O)O)C(=O)N[C@@H](CCCCN)C(=O)N[C@@H](CCCCN)C(=O)N1CCC[C@H]1C(=O)O. The molecule has 0 aromatic heterocycles.